The quantitative estimate of drug-likeness (QED) is 0.0111. The van der Waals surface area contributed by atoms with Gasteiger partial charge in [0.05, 0.1) is 37.6 Å². The van der Waals surface area contributed by atoms with Crippen molar-refractivity contribution >= 4 is 47.8 Å². The molecule has 4 aromatic carbocycles. The summed E-state index contributed by atoms with van der Waals surface area (Å²) in [4.78, 5) is 93.0. The molecule has 0 unspecified atom stereocenters. The summed E-state index contributed by atoms with van der Waals surface area (Å²) in [5, 5.41) is 97.6. The highest BCUT2D eigenvalue weighted by molar-refractivity contribution is 5.72. The molecule has 4 saturated carbocycles. The van der Waals surface area contributed by atoms with Gasteiger partial charge in [-0.2, -0.15) is 0 Å². The molecule has 140 heavy (non-hydrogen) atoms. The second-order valence-electron chi connectivity index (χ2n) is 40.8. The van der Waals surface area contributed by atoms with Gasteiger partial charge < -0.3 is 98.4 Å². The second kappa shape index (κ2) is 62.3. The average molecular weight is 1960 g/mol. The van der Waals surface area contributed by atoms with Gasteiger partial charge in [-0.15, -0.1) is 0 Å². The maximum Gasteiger partial charge on any atom is 0.341 e. The maximum atomic E-state index is 12.5. The zero-order valence-corrected chi connectivity index (χ0v) is 84.5. The smallest absolute Gasteiger partial charge is 0.341 e. The Bertz CT molecular complexity index is 4240. The molecular formula is C112H168O28. The summed E-state index contributed by atoms with van der Waals surface area (Å²) in [7, 11) is 1.63. The predicted molar refractivity (Wildman–Crippen MR) is 529 cm³/mol. The van der Waals surface area contributed by atoms with E-state index >= 15 is 0 Å². The third-order valence-electron chi connectivity index (χ3n) is 30.7. The summed E-state index contributed by atoms with van der Waals surface area (Å²) in [5.41, 5.74) is 9.07. The first-order valence-electron chi connectivity index (χ1n) is 53.3. The molecule has 0 aromatic heterocycles. The van der Waals surface area contributed by atoms with Gasteiger partial charge in [-0.3, -0.25) is 14.4 Å². The molecule has 0 amide bonds. The fourth-order valence-electron chi connectivity index (χ4n) is 23.8. The first kappa shape index (κ1) is 115. The number of hydrogen-bond acceptors (Lipinski definition) is 24. The Balaban J connectivity index is 0.000000209. The Hall–Kier alpha value is -8.48. The third kappa shape index (κ3) is 37.3. The standard InChI is InChI=1S/C30H46O6.C28H42O7.C27H40O8.C27H40O7/c1-3-5-7-9-14-30(34)36-23(12-8-6-4-2)15-16-24-25-17-21-11-10-13-28(35-20-29(32)33)26(21)18-22(25)19-27(24)31;1-3-4-5-9-21(35-28(32)11-7-14-33-2)12-13-22-23-15-19-8-6-10-26(34-18-27(30)31)24(19)16-20(23)17-25(22)29;1-2-3-4-7-20(35-27(32)17-33-12-11-28)9-10-21-22-13-18-6-5-8-25(34-16-26(30)31)23(18)14-19(22)15-24(21)29;1-2-3-4-8-20(34-27(32)10-6-13-28)11-12-21-22-14-18-7-5-9-25(33-17-26(30)31)23(18)15-19(22)16-24(21)29/h10-11,13,22-25,27,31H,3-9,12,14-20H2,1-2H3,(H,32,33);6,8,10,20-23,25,29H,3-5,7,9,11-18H2,1-2H3,(H,30,31);5-6,8,19-22,24,28-29H,2-4,7,9-17H2,1H3,(H,30,31);5,7,9,19-22,24,28-29H,2-4,6,8,10-17H2,1H3,(H,30,31)/t22-,23-,24+,25-,27+;20-,21-,22+,23-,25+;2*19-,20-,21+,22-,24+/m0000/s1. The van der Waals surface area contributed by atoms with Crippen molar-refractivity contribution in [2.45, 2.75) is 372 Å². The minimum Gasteiger partial charge on any atom is -0.482 e. The molecule has 20 atom stereocenters. The van der Waals surface area contributed by atoms with Crippen LogP contribution in [0.5, 0.6) is 23.0 Å². The highest BCUT2D eigenvalue weighted by Gasteiger charge is 2.50. The van der Waals surface area contributed by atoms with Crippen molar-refractivity contribution < 1.29 is 137 Å². The summed E-state index contributed by atoms with van der Waals surface area (Å²) < 4.78 is 55.6. The molecule has 0 heterocycles. The predicted octanol–water partition coefficient (Wildman–Crippen LogP) is 17.7. The van der Waals surface area contributed by atoms with Gasteiger partial charge >= 0.3 is 47.8 Å². The van der Waals surface area contributed by atoms with Crippen LogP contribution in [0.4, 0.5) is 0 Å². The number of carboxylic acids is 4. The first-order valence-corrected chi connectivity index (χ1v) is 53.3. The van der Waals surface area contributed by atoms with Crippen LogP contribution in [-0.2, 0) is 118 Å². The normalized spacial score (nSPS) is 23.9. The van der Waals surface area contributed by atoms with Gasteiger partial charge in [-0.05, 0) is 339 Å². The van der Waals surface area contributed by atoms with E-state index in [1.54, 1.807) is 7.11 Å². The second-order valence-corrected chi connectivity index (χ2v) is 40.8. The van der Waals surface area contributed by atoms with E-state index in [0.717, 1.165) is 273 Å². The summed E-state index contributed by atoms with van der Waals surface area (Å²) >= 11 is 0. The lowest BCUT2D eigenvalue weighted by atomic mass is 9.73. The highest BCUT2D eigenvalue weighted by atomic mass is 16.6. The fourth-order valence-corrected chi connectivity index (χ4v) is 23.8. The Labute approximate surface area is 830 Å². The van der Waals surface area contributed by atoms with Gasteiger partial charge in [0, 0.05) is 39.6 Å². The SMILES string of the molecule is CCCCCCC(=O)O[C@@H](CCCCC)CC[C@@H]1[C@H]2Cc3cccc(OCC(=O)O)c3C[C@H]2C[C@H]1O.CCCCC[C@@H](CC[C@@H]1[C@H]2Cc3cccc(OCC(=O)O)c3C[C@H]2C[C@H]1O)OC(=O)CCCO.CCCCC[C@@H](CC[C@@H]1[C@H]2Cc3cccc(OCC(=O)O)c3C[C@H]2C[C@H]1O)OC(=O)CCCOC.CCCCC[C@@H](CC[C@@H]1[C@H]2Cc3cccc(OCC(=O)O)c3C[C@H]2C[C@H]1O)OC(=O)COCCO. The summed E-state index contributed by atoms with van der Waals surface area (Å²) in [5.74, 6) is 1.26. The van der Waals surface area contributed by atoms with Crippen LogP contribution in [-0.4, -0.2) is 214 Å². The van der Waals surface area contributed by atoms with Crippen LogP contribution in [0.25, 0.3) is 0 Å². The first-order chi connectivity index (χ1) is 67.7. The van der Waals surface area contributed by atoms with Crippen LogP contribution in [0.1, 0.15) is 317 Å². The molecule has 12 rings (SSSR count). The Morgan fingerprint density at radius 3 is 0.843 bits per heavy atom. The van der Waals surface area contributed by atoms with Crippen LogP contribution in [0.15, 0.2) is 72.8 Å². The van der Waals surface area contributed by atoms with Crippen LogP contribution in [0, 0.1) is 71.0 Å². The van der Waals surface area contributed by atoms with E-state index in [-0.39, 0.29) is 144 Å². The Morgan fingerprint density at radius 1 is 0.307 bits per heavy atom. The van der Waals surface area contributed by atoms with Crippen molar-refractivity contribution in [2.75, 3.05) is 66.6 Å². The molecule has 0 bridgehead atoms. The largest absolute Gasteiger partial charge is 0.482 e. The minimum absolute atomic E-state index is 0.0164. The lowest BCUT2D eigenvalue weighted by molar-refractivity contribution is -0.156. The zero-order chi connectivity index (χ0) is 101. The van der Waals surface area contributed by atoms with Crippen molar-refractivity contribution in [2.24, 2.45) is 71.0 Å². The molecule has 4 fully saturated rings. The van der Waals surface area contributed by atoms with E-state index in [1.165, 1.54) is 22.3 Å². The number of aliphatic hydroxyl groups is 6. The number of benzene rings is 4. The number of carboxylic acid groups (broad SMARTS) is 4. The number of methoxy groups -OCH3 is 1. The van der Waals surface area contributed by atoms with Crippen molar-refractivity contribution in [1.29, 1.82) is 0 Å². The number of carbonyl (C=O) groups is 8. The Morgan fingerprint density at radius 2 is 0.579 bits per heavy atom. The van der Waals surface area contributed by atoms with Gasteiger partial charge in [0.1, 0.15) is 54.0 Å². The number of fused-ring (bicyclic) bond motifs is 8. The molecule has 0 saturated heterocycles. The van der Waals surface area contributed by atoms with Crippen LogP contribution >= 0.6 is 0 Å². The fraction of sp³-hybridized carbons (Fsp3) is 0.714. The van der Waals surface area contributed by atoms with Gasteiger partial charge in [-0.1, -0.05) is 154 Å². The number of aliphatic hydroxyl groups excluding tert-OH is 6. The summed E-state index contributed by atoms with van der Waals surface area (Å²) in [6, 6.07) is 23.4. The molecule has 0 spiro atoms. The number of hydrogen-bond donors (Lipinski definition) is 10. The highest BCUT2D eigenvalue weighted by Crippen LogP contribution is 2.54. The molecule has 784 valence electrons. The lowest BCUT2D eigenvalue weighted by Gasteiger charge is -2.32. The molecule has 0 radical (unpaired) electrons. The van der Waals surface area contributed by atoms with Crippen LogP contribution in [0.2, 0.25) is 0 Å². The summed E-state index contributed by atoms with van der Waals surface area (Å²) in [6.07, 6.45) is 36.8. The third-order valence-corrected chi connectivity index (χ3v) is 30.7. The number of unbranched alkanes of at least 4 members (excludes halogenated alkanes) is 11. The zero-order valence-electron chi connectivity index (χ0n) is 84.5. The van der Waals surface area contributed by atoms with Gasteiger partial charge in [0.2, 0.25) is 0 Å². The minimum atomic E-state index is -0.998. The topological polar surface area (TPSA) is 431 Å². The number of rotatable bonds is 60. The monoisotopic (exact) mass is 1960 g/mol. The average Bonchev–Trinajstić information content (AvgIpc) is 1.63. The number of carbonyl (C=O) groups excluding carboxylic acids is 4. The van der Waals surface area contributed by atoms with E-state index in [4.69, 9.17) is 78.0 Å². The van der Waals surface area contributed by atoms with Crippen molar-refractivity contribution in [3.63, 3.8) is 0 Å². The molecule has 28 heteroatoms. The van der Waals surface area contributed by atoms with E-state index in [9.17, 15) is 58.8 Å². The number of esters is 4. The Kier molecular flexibility index (Phi) is 51.2. The molecule has 8 aliphatic rings. The van der Waals surface area contributed by atoms with Gasteiger partial charge in [0.25, 0.3) is 0 Å². The van der Waals surface area contributed by atoms with Crippen molar-refractivity contribution in [1.82, 2.24) is 0 Å². The van der Waals surface area contributed by atoms with Crippen molar-refractivity contribution in [3.05, 3.63) is 117 Å². The molecule has 4 aromatic rings. The summed E-state index contributed by atoms with van der Waals surface area (Å²) in [6.45, 7) is 9.75. The molecule has 28 nitrogen and oxygen atoms in total. The lowest BCUT2D eigenvalue weighted by Crippen LogP contribution is -2.29. The number of aliphatic carboxylic acids is 4. The molecule has 0 aliphatic heterocycles. The molecule has 8 aliphatic carbocycles. The van der Waals surface area contributed by atoms with Crippen molar-refractivity contribution in [3.8, 4) is 23.0 Å². The van der Waals surface area contributed by atoms with E-state index in [2.05, 4.69) is 58.9 Å². The van der Waals surface area contributed by atoms with Gasteiger partial charge in [-0.25, -0.2) is 24.0 Å². The van der Waals surface area contributed by atoms with E-state index in [0.29, 0.717) is 109 Å². The number of ether oxygens (including phenoxy) is 10. The maximum absolute atomic E-state index is 12.5. The van der Waals surface area contributed by atoms with Gasteiger partial charge in [0.15, 0.2) is 26.4 Å². The van der Waals surface area contributed by atoms with Crippen LogP contribution < -0.4 is 18.9 Å². The molecular weight excluding hydrogens is 1790 g/mol. The van der Waals surface area contributed by atoms with Crippen LogP contribution in [0.3, 0.4) is 0 Å². The van der Waals surface area contributed by atoms with E-state index in [1.807, 2.05) is 48.5 Å². The van der Waals surface area contributed by atoms with E-state index < -0.39 is 36.0 Å². The molecule has 10 N–H and O–H groups in total.